The van der Waals surface area contributed by atoms with E-state index in [4.69, 9.17) is 10.5 Å². The normalized spacial score (nSPS) is 34.4. The van der Waals surface area contributed by atoms with Crippen LogP contribution in [0.1, 0.15) is 51.5 Å². The highest BCUT2D eigenvalue weighted by Crippen LogP contribution is 2.54. The maximum atomic E-state index is 13.2. The fraction of sp³-hybridized carbons (Fsp3) is 0.667. The van der Waals surface area contributed by atoms with Crippen LogP contribution in [0.4, 0.5) is 13.2 Å². The molecule has 0 spiro atoms. The van der Waals surface area contributed by atoms with Gasteiger partial charge in [0.15, 0.2) is 5.60 Å². The fourth-order valence-electron chi connectivity index (χ4n) is 5.76. The topological polar surface area (TPSA) is 64.3 Å². The molecule has 0 aromatic heterocycles. The van der Waals surface area contributed by atoms with Gasteiger partial charge >= 0.3 is 6.18 Å². The number of carbonyl (C=O) groups is 1. The minimum atomic E-state index is -4.54. The molecule has 7 heteroatoms. The molecule has 28 heavy (non-hydrogen) atoms. The number of hydrogen-bond donors (Lipinski definition) is 2. The van der Waals surface area contributed by atoms with Crippen LogP contribution in [0.5, 0.6) is 5.75 Å². The van der Waals surface area contributed by atoms with Crippen LogP contribution in [0, 0.1) is 17.8 Å². The van der Waals surface area contributed by atoms with Gasteiger partial charge in [-0.1, -0.05) is 12.1 Å². The molecule has 4 aliphatic carbocycles. The molecule has 1 aromatic carbocycles. The largest absolute Gasteiger partial charge is 0.477 e. The van der Waals surface area contributed by atoms with Crippen molar-refractivity contribution in [1.29, 1.82) is 0 Å². The molecule has 3 unspecified atom stereocenters. The third-order valence-corrected chi connectivity index (χ3v) is 6.72. The number of amides is 1. The zero-order valence-electron chi connectivity index (χ0n) is 16.2. The number of carbonyl (C=O) groups excluding carboxylic acids is 1. The predicted molar refractivity (Wildman–Crippen MR) is 98.6 cm³/mol. The predicted octanol–water partition coefficient (Wildman–Crippen LogP) is 3.89. The lowest BCUT2D eigenvalue weighted by atomic mass is 9.51. The quantitative estimate of drug-likeness (QED) is 0.812. The SMILES string of the molecule is CC(C)(Oc1ccccc1C(F)(F)F)C(=O)NC1[C@@H]2CC3C[C@H]1CC(N)(C3)C2. The second-order valence-electron chi connectivity index (χ2n) is 9.44. The standard InChI is InChI=1S/C21H27F3N2O2/c1-19(2,28-16-6-4-3-5-15(16)21(22,23)24)18(27)26-17-13-7-12-8-14(17)11-20(25,9-12)10-13/h3-6,12-14,17H,7-11,25H2,1-2H3,(H,26,27)/t12?,13-,14+,17?,20?. The second-order valence-corrected chi connectivity index (χ2v) is 9.44. The number of ether oxygens (including phenoxy) is 1. The van der Waals surface area contributed by atoms with Gasteiger partial charge in [0, 0.05) is 11.6 Å². The molecule has 0 radical (unpaired) electrons. The summed E-state index contributed by atoms with van der Waals surface area (Å²) in [6.45, 7) is 3.02. The van der Waals surface area contributed by atoms with E-state index in [1.54, 1.807) is 0 Å². The van der Waals surface area contributed by atoms with Crippen molar-refractivity contribution in [2.45, 2.75) is 69.3 Å². The highest BCUT2D eigenvalue weighted by molar-refractivity contribution is 5.85. The van der Waals surface area contributed by atoms with E-state index in [0.29, 0.717) is 17.8 Å². The number of para-hydroxylation sites is 1. The van der Waals surface area contributed by atoms with Gasteiger partial charge in [0.05, 0.1) is 5.56 Å². The number of benzene rings is 1. The lowest BCUT2D eigenvalue weighted by Gasteiger charge is -2.59. The van der Waals surface area contributed by atoms with Gasteiger partial charge in [0.1, 0.15) is 5.75 Å². The number of rotatable bonds is 4. The summed E-state index contributed by atoms with van der Waals surface area (Å²) in [7, 11) is 0. The van der Waals surface area contributed by atoms with Crippen LogP contribution in [0.15, 0.2) is 24.3 Å². The average Bonchev–Trinajstić information content (AvgIpc) is 2.55. The Hall–Kier alpha value is -1.76. The van der Waals surface area contributed by atoms with E-state index < -0.39 is 17.3 Å². The molecule has 0 heterocycles. The van der Waals surface area contributed by atoms with Crippen molar-refractivity contribution < 1.29 is 22.7 Å². The molecule has 3 N–H and O–H groups in total. The molecule has 4 fully saturated rings. The Morgan fingerprint density at radius 2 is 1.75 bits per heavy atom. The summed E-state index contributed by atoms with van der Waals surface area (Å²) in [5.74, 6) is 0.615. The van der Waals surface area contributed by atoms with Gasteiger partial charge in [-0.2, -0.15) is 13.2 Å². The van der Waals surface area contributed by atoms with Crippen molar-refractivity contribution in [3.8, 4) is 5.75 Å². The van der Waals surface area contributed by atoms with E-state index in [2.05, 4.69) is 5.32 Å². The van der Waals surface area contributed by atoms with Crippen molar-refractivity contribution in [1.82, 2.24) is 5.32 Å². The lowest BCUT2D eigenvalue weighted by molar-refractivity contribution is -0.145. The molecule has 0 aliphatic heterocycles. The Kier molecular flexibility index (Phi) is 4.45. The fourth-order valence-corrected chi connectivity index (χ4v) is 5.76. The van der Waals surface area contributed by atoms with E-state index in [0.717, 1.165) is 38.2 Å². The third-order valence-electron chi connectivity index (χ3n) is 6.72. The lowest BCUT2D eigenvalue weighted by Crippen LogP contribution is -2.66. The summed E-state index contributed by atoms with van der Waals surface area (Å²) in [4.78, 5) is 13.0. The summed E-state index contributed by atoms with van der Waals surface area (Å²) in [6, 6.07) is 5.01. The molecule has 154 valence electrons. The van der Waals surface area contributed by atoms with E-state index in [1.165, 1.54) is 32.0 Å². The Labute approximate surface area is 163 Å². The van der Waals surface area contributed by atoms with E-state index in [-0.39, 0.29) is 23.2 Å². The number of nitrogens with one attached hydrogen (secondary N) is 1. The Balaban J connectivity index is 1.48. The Bertz CT molecular complexity index is 761. The summed E-state index contributed by atoms with van der Waals surface area (Å²) < 4.78 is 45.3. The van der Waals surface area contributed by atoms with Crippen LogP contribution in [0.25, 0.3) is 0 Å². The van der Waals surface area contributed by atoms with Gasteiger partial charge in [-0.15, -0.1) is 0 Å². The minimum Gasteiger partial charge on any atom is -0.477 e. The maximum absolute atomic E-state index is 13.2. The van der Waals surface area contributed by atoms with Crippen molar-refractivity contribution >= 4 is 5.91 Å². The molecule has 4 aliphatic rings. The highest BCUT2D eigenvalue weighted by Gasteiger charge is 2.54. The zero-order chi connectivity index (χ0) is 20.3. The number of alkyl halides is 3. The third kappa shape index (κ3) is 3.49. The van der Waals surface area contributed by atoms with E-state index >= 15 is 0 Å². The molecule has 1 aromatic rings. The average molecular weight is 396 g/mol. The molecule has 5 rings (SSSR count). The summed E-state index contributed by atoms with van der Waals surface area (Å²) in [5, 5.41) is 3.10. The summed E-state index contributed by atoms with van der Waals surface area (Å²) in [5.41, 5.74) is 4.11. The highest BCUT2D eigenvalue weighted by atomic mass is 19.4. The number of nitrogens with two attached hydrogens (primary N) is 1. The van der Waals surface area contributed by atoms with Crippen LogP contribution >= 0.6 is 0 Å². The second kappa shape index (κ2) is 6.37. The minimum absolute atomic E-state index is 0.0291. The monoisotopic (exact) mass is 396 g/mol. The molecule has 4 saturated carbocycles. The van der Waals surface area contributed by atoms with Gasteiger partial charge in [-0.3, -0.25) is 4.79 Å². The van der Waals surface area contributed by atoms with Crippen LogP contribution < -0.4 is 15.8 Å². The first-order chi connectivity index (χ1) is 13.0. The van der Waals surface area contributed by atoms with Crippen LogP contribution in [0.2, 0.25) is 0 Å². The molecule has 5 atom stereocenters. The molecule has 4 bridgehead atoms. The van der Waals surface area contributed by atoms with Crippen molar-refractivity contribution in [2.24, 2.45) is 23.5 Å². The Morgan fingerprint density at radius 1 is 1.14 bits per heavy atom. The van der Waals surface area contributed by atoms with Crippen LogP contribution in [-0.2, 0) is 11.0 Å². The van der Waals surface area contributed by atoms with Gasteiger partial charge in [0.25, 0.3) is 5.91 Å². The summed E-state index contributed by atoms with van der Waals surface area (Å²) >= 11 is 0. The number of hydrogen-bond acceptors (Lipinski definition) is 3. The molecule has 4 nitrogen and oxygen atoms in total. The van der Waals surface area contributed by atoms with E-state index in [1.807, 2.05) is 0 Å². The maximum Gasteiger partial charge on any atom is 0.419 e. The first-order valence-electron chi connectivity index (χ1n) is 9.92. The first-order valence-corrected chi connectivity index (χ1v) is 9.92. The smallest absolute Gasteiger partial charge is 0.419 e. The number of halogens is 3. The van der Waals surface area contributed by atoms with Crippen LogP contribution in [-0.4, -0.2) is 23.1 Å². The summed E-state index contributed by atoms with van der Waals surface area (Å²) in [6.07, 6.45) is 0.479. The molecule has 0 saturated heterocycles. The van der Waals surface area contributed by atoms with Crippen molar-refractivity contribution in [3.05, 3.63) is 29.8 Å². The zero-order valence-corrected chi connectivity index (χ0v) is 16.2. The van der Waals surface area contributed by atoms with Gasteiger partial charge in [-0.25, -0.2) is 0 Å². The van der Waals surface area contributed by atoms with Crippen LogP contribution in [0.3, 0.4) is 0 Å². The van der Waals surface area contributed by atoms with Gasteiger partial charge in [-0.05, 0) is 75.8 Å². The van der Waals surface area contributed by atoms with Gasteiger partial charge in [0.2, 0.25) is 0 Å². The Morgan fingerprint density at radius 3 is 2.32 bits per heavy atom. The molecular weight excluding hydrogens is 369 g/mol. The van der Waals surface area contributed by atoms with Crippen molar-refractivity contribution in [2.75, 3.05) is 0 Å². The van der Waals surface area contributed by atoms with Gasteiger partial charge < -0.3 is 15.8 Å². The molecular formula is C21H27F3N2O2. The first kappa shape index (κ1) is 19.6. The molecule has 1 amide bonds. The van der Waals surface area contributed by atoms with E-state index in [9.17, 15) is 18.0 Å². The van der Waals surface area contributed by atoms with Crippen molar-refractivity contribution in [3.63, 3.8) is 0 Å².